The van der Waals surface area contributed by atoms with Crippen molar-refractivity contribution in [2.45, 2.75) is 6.42 Å². The highest BCUT2D eigenvalue weighted by Gasteiger charge is 2.11. The van der Waals surface area contributed by atoms with Gasteiger partial charge in [-0.2, -0.15) is 0 Å². The normalized spacial score (nSPS) is 9.12. The van der Waals surface area contributed by atoms with Crippen LogP contribution in [-0.2, 0) is 4.74 Å². The maximum atomic E-state index is 11.3. The average molecular weight is 239 g/mol. The molecule has 1 N–H and O–H groups in total. The summed E-state index contributed by atoms with van der Waals surface area (Å²) < 4.78 is 4.53. The van der Waals surface area contributed by atoms with Gasteiger partial charge < -0.3 is 9.84 Å². The zero-order chi connectivity index (χ0) is 12.0. The summed E-state index contributed by atoms with van der Waals surface area (Å²) in [5.74, 6) is 5.44. The van der Waals surface area contributed by atoms with Crippen molar-refractivity contribution in [1.29, 1.82) is 0 Å². The van der Waals surface area contributed by atoms with Gasteiger partial charge in [0.1, 0.15) is 11.3 Å². The van der Waals surface area contributed by atoms with E-state index in [-0.39, 0.29) is 11.3 Å². The van der Waals surface area contributed by atoms with Crippen LogP contribution in [0.3, 0.4) is 0 Å². The number of methoxy groups -OCH3 is 1. The quantitative estimate of drug-likeness (QED) is 0.488. The summed E-state index contributed by atoms with van der Waals surface area (Å²) in [5.41, 5.74) is 0.753. The van der Waals surface area contributed by atoms with Gasteiger partial charge in [0.25, 0.3) is 0 Å². The van der Waals surface area contributed by atoms with Gasteiger partial charge >= 0.3 is 5.97 Å². The molecule has 3 nitrogen and oxygen atoms in total. The number of halogens is 1. The Morgan fingerprint density at radius 3 is 2.94 bits per heavy atom. The van der Waals surface area contributed by atoms with Gasteiger partial charge in [-0.15, -0.1) is 11.6 Å². The summed E-state index contributed by atoms with van der Waals surface area (Å²) in [6.07, 6.45) is 0.579. The van der Waals surface area contributed by atoms with E-state index in [4.69, 9.17) is 11.6 Å². The van der Waals surface area contributed by atoms with Crippen molar-refractivity contribution < 1.29 is 14.6 Å². The fourth-order valence-electron chi connectivity index (χ4n) is 1.10. The van der Waals surface area contributed by atoms with E-state index in [1.54, 1.807) is 6.07 Å². The molecule has 0 saturated heterocycles. The minimum absolute atomic E-state index is 0.111. The molecule has 0 fully saturated rings. The van der Waals surface area contributed by atoms with Crippen LogP contribution in [-0.4, -0.2) is 24.1 Å². The molecule has 1 rings (SSSR count). The van der Waals surface area contributed by atoms with Gasteiger partial charge in [0, 0.05) is 17.9 Å². The Morgan fingerprint density at radius 2 is 2.31 bits per heavy atom. The van der Waals surface area contributed by atoms with Crippen molar-refractivity contribution in [3.63, 3.8) is 0 Å². The number of hydrogen-bond acceptors (Lipinski definition) is 3. The molecule has 16 heavy (non-hydrogen) atoms. The molecule has 84 valence electrons. The standard InChI is InChI=1S/C12H11ClO3/c1-16-12(15)10-8-9(4-2-3-7-13)5-6-11(10)14/h5-6,8,14H,3,7H2,1H3. The molecule has 0 amide bonds. The Bertz CT molecular complexity index is 443. The Balaban J connectivity index is 2.99. The summed E-state index contributed by atoms with van der Waals surface area (Å²) in [6, 6.07) is 4.53. The highest BCUT2D eigenvalue weighted by molar-refractivity contribution is 6.18. The van der Waals surface area contributed by atoms with Crippen LogP contribution in [0.2, 0.25) is 0 Å². The second kappa shape index (κ2) is 6.04. The van der Waals surface area contributed by atoms with Gasteiger partial charge in [-0.25, -0.2) is 4.79 Å². The summed E-state index contributed by atoms with van der Waals surface area (Å²) in [6.45, 7) is 0. The van der Waals surface area contributed by atoms with E-state index in [1.807, 2.05) is 0 Å². The lowest BCUT2D eigenvalue weighted by Crippen LogP contribution is -2.01. The van der Waals surface area contributed by atoms with E-state index in [9.17, 15) is 9.90 Å². The Kier molecular flexibility index (Phi) is 4.68. The molecule has 0 spiro atoms. The van der Waals surface area contributed by atoms with Gasteiger partial charge in [-0.3, -0.25) is 0 Å². The number of esters is 1. The summed E-state index contributed by atoms with van der Waals surface area (Å²) in [5, 5.41) is 9.44. The molecule has 0 aliphatic heterocycles. The lowest BCUT2D eigenvalue weighted by molar-refractivity contribution is 0.0597. The number of phenolic OH excluding ortho intramolecular Hbond substituents is 1. The largest absolute Gasteiger partial charge is 0.507 e. The monoisotopic (exact) mass is 238 g/mol. The van der Waals surface area contributed by atoms with Crippen LogP contribution in [0.4, 0.5) is 0 Å². The minimum Gasteiger partial charge on any atom is -0.507 e. The first-order chi connectivity index (χ1) is 7.69. The number of phenols is 1. The van der Waals surface area contributed by atoms with Gasteiger partial charge in [-0.1, -0.05) is 11.8 Å². The molecule has 0 aliphatic carbocycles. The number of carbonyl (C=O) groups excluding carboxylic acids is 1. The number of rotatable bonds is 2. The zero-order valence-corrected chi connectivity index (χ0v) is 9.54. The molecule has 0 aliphatic rings. The fourth-order valence-corrected chi connectivity index (χ4v) is 1.19. The van der Waals surface area contributed by atoms with Crippen molar-refractivity contribution in [3.05, 3.63) is 29.3 Å². The number of hydrogen-bond donors (Lipinski definition) is 1. The highest BCUT2D eigenvalue weighted by atomic mass is 35.5. The first-order valence-corrected chi connectivity index (χ1v) is 5.18. The van der Waals surface area contributed by atoms with E-state index >= 15 is 0 Å². The van der Waals surface area contributed by atoms with Crippen LogP contribution in [0.1, 0.15) is 22.3 Å². The van der Waals surface area contributed by atoms with Crippen molar-refractivity contribution in [2.75, 3.05) is 13.0 Å². The molecule has 0 radical (unpaired) electrons. The zero-order valence-electron chi connectivity index (χ0n) is 8.79. The van der Waals surface area contributed by atoms with Gasteiger partial charge in [-0.05, 0) is 18.2 Å². The minimum atomic E-state index is -0.585. The van der Waals surface area contributed by atoms with E-state index in [2.05, 4.69) is 16.6 Å². The Labute approximate surface area is 99.0 Å². The number of aromatic hydroxyl groups is 1. The Morgan fingerprint density at radius 1 is 1.56 bits per heavy atom. The maximum absolute atomic E-state index is 11.3. The SMILES string of the molecule is COC(=O)c1cc(C#CCCCl)ccc1O. The van der Waals surface area contributed by atoms with Crippen LogP contribution in [0.15, 0.2) is 18.2 Å². The smallest absolute Gasteiger partial charge is 0.341 e. The molecule has 0 atom stereocenters. The van der Waals surface area contributed by atoms with Crippen molar-refractivity contribution in [3.8, 4) is 17.6 Å². The van der Waals surface area contributed by atoms with E-state index < -0.39 is 5.97 Å². The van der Waals surface area contributed by atoms with Crippen LogP contribution >= 0.6 is 11.6 Å². The summed E-state index contributed by atoms with van der Waals surface area (Å²) in [7, 11) is 1.26. The molecule has 1 aromatic rings. The molecule has 4 heteroatoms. The summed E-state index contributed by atoms with van der Waals surface area (Å²) >= 11 is 5.48. The molecule has 1 aromatic carbocycles. The second-order valence-corrected chi connectivity index (χ2v) is 3.34. The van der Waals surface area contributed by atoms with Crippen LogP contribution < -0.4 is 0 Å². The number of benzene rings is 1. The predicted molar refractivity (Wildman–Crippen MR) is 61.7 cm³/mol. The van der Waals surface area contributed by atoms with E-state index in [0.29, 0.717) is 17.9 Å². The van der Waals surface area contributed by atoms with Crippen molar-refractivity contribution in [2.24, 2.45) is 0 Å². The van der Waals surface area contributed by atoms with Crippen molar-refractivity contribution >= 4 is 17.6 Å². The van der Waals surface area contributed by atoms with Crippen LogP contribution in [0, 0.1) is 11.8 Å². The number of carbonyl (C=O) groups is 1. The molecular formula is C12H11ClO3. The number of ether oxygens (including phenoxy) is 1. The topological polar surface area (TPSA) is 46.5 Å². The maximum Gasteiger partial charge on any atom is 0.341 e. The number of alkyl halides is 1. The second-order valence-electron chi connectivity index (χ2n) is 2.96. The first-order valence-electron chi connectivity index (χ1n) is 4.65. The van der Waals surface area contributed by atoms with Gasteiger partial charge in [0.05, 0.1) is 7.11 Å². The molecule has 0 unspecified atom stereocenters. The van der Waals surface area contributed by atoms with Gasteiger partial charge in [0.15, 0.2) is 0 Å². The lowest BCUT2D eigenvalue weighted by Gasteiger charge is -2.02. The molecule has 0 saturated carbocycles. The third-order valence-corrected chi connectivity index (χ3v) is 2.04. The van der Waals surface area contributed by atoms with E-state index in [0.717, 1.165) is 0 Å². The molecule has 0 heterocycles. The lowest BCUT2D eigenvalue weighted by atomic mass is 10.1. The van der Waals surface area contributed by atoms with Crippen LogP contribution in [0.5, 0.6) is 5.75 Å². The fraction of sp³-hybridized carbons (Fsp3) is 0.250. The van der Waals surface area contributed by atoms with Crippen LogP contribution in [0.25, 0.3) is 0 Å². The van der Waals surface area contributed by atoms with E-state index in [1.165, 1.54) is 19.2 Å². The highest BCUT2D eigenvalue weighted by Crippen LogP contribution is 2.18. The molecule has 0 bridgehead atoms. The average Bonchev–Trinajstić information content (AvgIpc) is 2.30. The molecule has 0 aromatic heterocycles. The first kappa shape index (κ1) is 12.4. The van der Waals surface area contributed by atoms with Gasteiger partial charge in [0.2, 0.25) is 0 Å². The third kappa shape index (κ3) is 3.18. The third-order valence-electron chi connectivity index (χ3n) is 1.85. The molecular weight excluding hydrogens is 228 g/mol. The predicted octanol–water partition coefficient (Wildman–Crippen LogP) is 2.16. The van der Waals surface area contributed by atoms with Crippen molar-refractivity contribution in [1.82, 2.24) is 0 Å². The summed E-state index contributed by atoms with van der Waals surface area (Å²) in [4.78, 5) is 11.3. The Hall–Kier alpha value is -1.66.